The first-order valence-corrected chi connectivity index (χ1v) is 10.2. The molecule has 0 bridgehead atoms. The molecule has 0 spiro atoms. The summed E-state index contributed by atoms with van der Waals surface area (Å²) in [4.78, 5) is 39.8. The lowest BCUT2D eigenvalue weighted by Gasteiger charge is -2.23. The molecule has 8 heteroatoms. The fraction of sp³-hybridized carbons (Fsp3) is 0.286. The van der Waals surface area contributed by atoms with E-state index in [2.05, 4.69) is 0 Å². The van der Waals surface area contributed by atoms with E-state index in [0.717, 1.165) is 22.9 Å². The predicted octanol–water partition coefficient (Wildman–Crippen LogP) is 3.30. The Morgan fingerprint density at radius 1 is 1.07 bits per heavy atom. The first-order chi connectivity index (χ1) is 13.6. The summed E-state index contributed by atoms with van der Waals surface area (Å²) in [6.07, 6.45) is 0.715. The largest absolute Gasteiger partial charge is 0.334 e. The second kappa shape index (κ2) is 11.0. The minimum Gasteiger partial charge on any atom is -0.334 e. The van der Waals surface area contributed by atoms with Crippen LogP contribution in [0.5, 0.6) is 0 Å². The molecule has 0 unspecified atom stereocenters. The van der Waals surface area contributed by atoms with Gasteiger partial charge in [-0.1, -0.05) is 54.2 Å². The number of halogens is 1. The van der Waals surface area contributed by atoms with Gasteiger partial charge in [0, 0.05) is 18.7 Å². The molecule has 3 amide bonds. The highest BCUT2D eigenvalue weighted by Crippen LogP contribution is 2.22. The third-order valence-electron chi connectivity index (χ3n) is 4.49. The second-order valence-corrected chi connectivity index (χ2v) is 7.52. The molecule has 1 saturated heterocycles. The van der Waals surface area contributed by atoms with E-state index in [1.807, 2.05) is 36.4 Å². The topological polar surface area (TPSA) is 83.7 Å². The molecule has 154 valence electrons. The molecule has 1 aliphatic heterocycles. The maximum atomic E-state index is 13.1. The van der Waals surface area contributed by atoms with Gasteiger partial charge in [-0.05, 0) is 36.2 Å². The molecule has 29 heavy (non-hydrogen) atoms. The average Bonchev–Trinajstić information content (AvgIpc) is 3.03. The number of benzene rings is 2. The number of carbonyl (C=O) groups excluding carboxylic acids is 3. The quantitative estimate of drug-likeness (QED) is 0.690. The van der Waals surface area contributed by atoms with Gasteiger partial charge in [-0.3, -0.25) is 19.3 Å². The fourth-order valence-corrected chi connectivity index (χ4v) is 3.77. The van der Waals surface area contributed by atoms with Gasteiger partial charge in [-0.2, -0.15) is 0 Å². The van der Waals surface area contributed by atoms with Crippen LogP contribution in [0.3, 0.4) is 0 Å². The Hall–Kier alpha value is -2.35. The Kier molecular flexibility index (Phi) is 8.70. The van der Waals surface area contributed by atoms with Crippen LogP contribution in [0.1, 0.15) is 27.9 Å². The van der Waals surface area contributed by atoms with Crippen molar-refractivity contribution in [3.63, 3.8) is 0 Å². The minimum atomic E-state index is -0.240. The summed E-state index contributed by atoms with van der Waals surface area (Å²) < 4.78 is 0. The van der Waals surface area contributed by atoms with Gasteiger partial charge in [0.2, 0.25) is 5.91 Å². The van der Waals surface area contributed by atoms with Crippen molar-refractivity contribution in [2.24, 2.45) is 5.73 Å². The molecule has 0 atom stereocenters. The van der Waals surface area contributed by atoms with Crippen molar-refractivity contribution in [2.75, 3.05) is 18.8 Å². The van der Waals surface area contributed by atoms with Gasteiger partial charge < -0.3 is 10.6 Å². The zero-order valence-corrected chi connectivity index (χ0v) is 17.6. The second-order valence-electron chi connectivity index (χ2n) is 6.59. The zero-order valence-electron chi connectivity index (χ0n) is 16.0. The molecule has 1 fully saturated rings. The van der Waals surface area contributed by atoms with E-state index in [1.54, 1.807) is 23.1 Å². The van der Waals surface area contributed by atoms with E-state index in [0.29, 0.717) is 31.6 Å². The maximum absolute atomic E-state index is 13.1. The SMILES string of the molecule is Cl.NCCCN(Cc1ccccc1)C(=O)c1cccc(CN2C(=O)CSC2=O)c1. The van der Waals surface area contributed by atoms with Crippen molar-refractivity contribution in [3.05, 3.63) is 71.3 Å². The highest BCUT2D eigenvalue weighted by atomic mass is 35.5. The molecule has 1 aliphatic rings. The summed E-state index contributed by atoms with van der Waals surface area (Å²) >= 11 is 1.01. The Bertz CT molecular complexity index is 847. The lowest BCUT2D eigenvalue weighted by molar-refractivity contribution is -0.125. The molecule has 2 aromatic rings. The van der Waals surface area contributed by atoms with Crippen LogP contribution >= 0.6 is 24.2 Å². The molecule has 2 aromatic carbocycles. The number of hydrogen-bond donors (Lipinski definition) is 1. The van der Waals surface area contributed by atoms with Gasteiger partial charge in [0.1, 0.15) is 0 Å². The van der Waals surface area contributed by atoms with E-state index in [4.69, 9.17) is 5.73 Å². The maximum Gasteiger partial charge on any atom is 0.289 e. The third kappa shape index (κ3) is 6.06. The van der Waals surface area contributed by atoms with Crippen LogP contribution in [0.4, 0.5) is 4.79 Å². The van der Waals surface area contributed by atoms with Crippen molar-refractivity contribution in [2.45, 2.75) is 19.5 Å². The van der Waals surface area contributed by atoms with Gasteiger partial charge in [-0.15, -0.1) is 12.4 Å². The lowest BCUT2D eigenvalue weighted by Crippen LogP contribution is -2.33. The highest BCUT2D eigenvalue weighted by Gasteiger charge is 2.30. The molecular formula is C21H24ClN3O3S. The molecule has 6 nitrogen and oxygen atoms in total. The van der Waals surface area contributed by atoms with Crippen molar-refractivity contribution in [1.29, 1.82) is 0 Å². The Morgan fingerprint density at radius 2 is 1.79 bits per heavy atom. The molecule has 0 aliphatic carbocycles. The molecule has 0 aromatic heterocycles. The van der Waals surface area contributed by atoms with E-state index >= 15 is 0 Å². The summed E-state index contributed by atoms with van der Waals surface area (Å²) in [5, 5.41) is -0.240. The summed E-state index contributed by atoms with van der Waals surface area (Å²) in [7, 11) is 0. The Labute approximate surface area is 180 Å². The first kappa shape index (κ1) is 22.9. The number of nitrogens with zero attached hydrogens (tertiary/aromatic N) is 2. The molecular weight excluding hydrogens is 410 g/mol. The summed E-state index contributed by atoms with van der Waals surface area (Å²) in [5.74, 6) is -0.102. The minimum absolute atomic E-state index is 0. The van der Waals surface area contributed by atoms with E-state index in [9.17, 15) is 14.4 Å². The van der Waals surface area contributed by atoms with Crippen molar-refractivity contribution in [3.8, 4) is 0 Å². The number of thioether (sulfide) groups is 1. The Morgan fingerprint density at radius 3 is 2.45 bits per heavy atom. The number of imide groups is 1. The first-order valence-electron chi connectivity index (χ1n) is 9.18. The number of amides is 3. The van der Waals surface area contributed by atoms with Crippen LogP contribution in [0, 0.1) is 0 Å². The van der Waals surface area contributed by atoms with Gasteiger partial charge >= 0.3 is 0 Å². The summed E-state index contributed by atoms with van der Waals surface area (Å²) in [5.41, 5.74) is 7.99. The number of hydrogen-bond acceptors (Lipinski definition) is 5. The number of rotatable bonds is 8. The van der Waals surface area contributed by atoms with Gasteiger partial charge in [0.15, 0.2) is 0 Å². The van der Waals surface area contributed by atoms with E-state index in [1.165, 1.54) is 4.90 Å². The third-order valence-corrected chi connectivity index (χ3v) is 5.35. The average molecular weight is 434 g/mol. The standard InChI is InChI=1S/C21H23N3O3S.ClH/c22-10-5-11-23(13-16-6-2-1-3-7-16)20(26)18-9-4-8-17(12-18)14-24-19(25)15-28-21(24)27;/h1-4,6-9,12H,5,10-11,13-15,22H2;1H. The van der Waals surface area contributed by atoms with Crippen LogP contribution in [0.25, 0.3) is 0 Å². The van der Waals surface area contributed by atoms with Crippen LogP contribution in [-0.4, -0.2) is 45.7 Å². The van der Waals surface area contributed by atoms with E-state index in [-0.39, 0.29) is 41.8 Å². The van der Waals surface area contributed by atoms with Gasteiger partial charge in [0.25, 0.3) is 11.1 Å². The van der Waals surface area contributed by atoms with Crippen LogP contribution in [-0.2, 0) is 17.9 Å². The highest BCUT2D eigenvalue weighted by molar-refractivity contribution is 8.14. The fourth-order valence-electron chi connectivity index (χ4n) is 3.04. The summed E-state index contributed by atoms with van der Waals surface area (Å²) in [6, 6.07) is 16.9. The van der Waals surface area contributed by atoms with Crippen LogP contribution in [0.2, 0.25) is 0 Å². The lowest BCUT2D eigenvalue weighted by atomic mass is 10.1. The smallest absolute Gasteiger partial charge is 0.289 e. The normalized spacial score (nSPS) is 13.3. The van der Waals surface area contributed by atoms with E-state index < -0.39 is 0 Å². The monoisotopic (exact) mass is 433 g/mol. The van der Waals surface area contributed by atoms with Crippen molar-refractivity contribution >= 4 is 41.2 Å². The van der Waals surface area contributed by atoms with Crippen molar-refractivity contribution < 1.29 is 14.4 Å². The zero-order chi connectivity index (χ0) is 19.9. The van der Waals surface area contributed by atoms with Crippen LogP contribution in [0.15, 0.2) is 54.6 Å². The molecule has 2 N–H and O–H groups in total. The van der Waals surface area contributed by atoms with Crippen LogP contribution < -0.4 is 5.73 Å². The van der Waals surface area contributed by atoms with Crippen molar-refractivity contribution in [1.82, 2.24) is 9.80 Å². The number of nitrogens with two attached hydrogens (primary N) is 1. The van der Waals surface area contributed by atoms with Gasteiger partial charge in [-0.25, -0.2) is 0 Å². The molecule has 0 saturated carbocycles. The Balaban J connectivity index is 0.00000300. The molecule has 0 radical (unpaired) electrons. The molecule has 1 heterocycles. The predicted molar refractivity (Wildman–Crippen MR) is 117 cm³/mol. The summed E-state index contributed by atoms with van der Waals surface area (Å²) in [6.45, 7) is 1.76. The van der Waals surface area contributed by atoms with Gasteiger partial charge in [0.05, 0.1) is 12.3 Å². The number of carbonyl (C=O) groups is 3. The molecule has 3 rings (SSSR count).